The molecule has 5 aromatic rings. The molecule has 0 saturated heterocycles. The summed E-state index contributed by atoms with van der Waals surface area (Å²) in [7, 11) is -0.504. The fourth-order valence-electron chi connectivity index (χ4n) is 3.79. The molecule has 5 heteroatoms. The van der Waals surface area contributed by atoms with Gasteiger partial charge in [-0.05, 0) is 84.9 Å². The van der Waals surface area contributed by atoms with Crippen LogP contribution < -0.4 is 0 Å². The summed E-state index contributed by atoms with van der Waals surface area (Å²) in [5.74, 6) is -0.585. The van der Waals surface area contributed by atoms with Crippen molar-refractivity contribution in [3.63, 3.8) is 0 Å². The van der Waals surface area contributed by atoms with Gasteiger partial charge in [-0.25, -0.2) is 8.78 Å². The Morgan fingerprint density at radius 2 is 1.03 bits per heavy atom. The molecule has 0 unspecified atom stereocenters. The van der Waals surface area contributed by atoms with Crippen LogP contribution in [0.2, 0.25) is 0 Å². The number of benzene rings is 5. The van der Waals surface area contributed by atoms with Gasteiger partial charge in [-0.1, -0.05) is 54.2 Å². The summed E-state index contributed by atoms with van der Waals surface area (Å²) in [4.78, 5) is 17.8. The third-order valence-corrected chi connectivity index (χ3v) is 8.75. The van der Waals surface area contributed by atoms with E-state index in [1.54, 1.807) is 36.0 Å². The summed E-state index contributed by atoms with van der Waals surface area (Å²) in [5, 5.41) is 0. The van der Waals surface area contributed by atoms with Gasteiger partial charge in [-0.3, -0.25) is 4.79 Å². The molecular weight excluding hydrogens is 490 g/mol. The molecule has 0 saturated carbocycles. The Hall–Kier alpha value is -3.67. The average Bonchev–Trinajstić information content (AvgIpc) is 2.92. The van der Waals surface area contributed by atoms with E-state index in [4.69, 9.17) is 0 Å². The number of rotatable bonds is 7. The Balaban J connectivity index is 1.40. The second-order valence-electron chi connectivity index (χ2n) is 8.01. The summed E-state index contributed by atoms with van der Waals surface area (Å²) < 4.78 is 27.1. The van der Waals surface area contributed by atoms with Crippen LogP contribution in [0.3, 0.4) is 0 Å². The first-order chi connectivity index (χ1) is 17.6. The lowest BCUT2D eigenvalue weighted by atomic mass is 10.0. The van der Waals surface area contributed by atoms with Gasteiger partial charge in [0.1, 0.15) is 11.6 Å². The molecule has 0 aliphatic rings. The predicted molar refractivity (Wildman–Crippen MR) is 142 cm³/mol. The van der Waals surface area contributed by atoms with E-state index >= 15 is 0 Å². The number of hydrogen-bond acceptors (Lipinski definition) is 2. The van der Waals surface area contributed by atoms with E-state index in [-0.39, 0.29) is 17.4 Å². The fourth-order valence-corrected chi connectivity index (χ4v) is 6.70. The Morgan fingerprint density at radius 1 is 0.528 bits per heavy atom. The first kappa shape index (κ1) is 24.0. The lowest BCUT2D eigenvalue weighted by Crippen LogP contribution is -2.05. The van der Waals surface area contributed by atoms with Crippen LogP contribution in [-0.4, -0.2) is 5.78 Å². The summed E-state index contributed by atoms with van der Waals surface area (Å²) in [6.45, 7) is 0. The molecule has 0 heterocycles. The largest absolute Gasteiger partial charge is 0.289 e. The van der Waals surface area contributed by atoms with Gasteiger partial charge in [-0.15, -0.1) is 0 Å². The number of hydrogen-bond donors (Lipinski definition) is 0. The summed E-state index contributed by atoms with van der Waals surface area (Å²) in [6.07, 6.45) is 0. The predicted octanol–water partition coefficient (Wildman–Crippen LogP) is 8.44. The Morgan fingerprint density at radius 3 is 1.58 bits per heavy atom. The second kappa shape index (κ2) is 10.9. The summed E-state index contributed by atoms with van der Waals surface area (Å²) in [6, 6.07) is 38.0. The molecular formula is C31H21F2OS2+. The molecule has 0 atom stereocenters. The molecule has 0 amide bonds. The normalized spacial score (nSPS) is 11.0. The molecule has 0 aromatic heterocycles. The number of ketones is 1. The van der Waals surface area contributed by atoms with Crippen LogP contribution in [0.25, 0.3) is 0 Å². The Labute approximate surface area is 216 Å². The molecule has 0 N–H and O–H groups in total. The fraction of sp³-hybridized carbons (Fsp3) is 0. The zero-order chi connectivity index (χ0) is 24.9. The molecule has 0 fully saturated rings. The van der Waals surface area contributed by atoms with Crippen LogP contribution in [-0.2, 0) is 10.9 Å². The van der Waals surface area contributed by atoms with Gasteiger partial charge in [0.05, 0.1) is 10.9 Å². The van der Waals surface area contributed by atoms with E-state index in [1.165, 1.54) is 24.3 Å². The highest BCUT2D eigenvalue weighted by Gasteiger charge is 2.28. The molecule has 5 rings (SSSR count). The molecule has 0 bridgehead atoms. The molecule has 176 valence electrons. The van der Waals surface area contributed by atoms with Crippen LogP contribution in [0.5, 0.6) is 0 Å². The van der Waals surface area contributed by atoms with E-state index in [9.17, 15) is 13.6 Å². The van der Waals surface area contributed by atoms with Crippen molar-refractivity contribution in [3.8, 4) is 0 Å². The first-order valence-corrected chi connectivity index (χ1v) is 13.3. The van der Waals surface area contributed by atoms with Gasteiger partial charge in [0.15, 0.2) is 20.5 Å². The quantitative estimate of drug-likeness (QED) is 0.161. The lowest BCUT2D eigenvalue weighted by Gasteiger charge is -2.09. The van der Waals surface area contributed by atoms with Gasteiger partial charge >= 0.3 is 0 Å². The molecule has 0 radical (unpaired) electrons. The highest BCUT2D eigenvalue weighted by atomic mass is 32.2. The maximum Gasteiger partial charge on any atom is 0.193 e. The van der Waals surface area contributed by atoms with Crippen molar-refractivity contribution in [2.24, 2.45) is 0 Å². The highest BCUT2D eigenvalue weighted by Crippen LogP contribution is 2.34. The van der Waals surface area contributed by atoms with Crippen molar-refractivity contribution in [3.05, 3.63) is 150 Å². The van der Waals surface area contributed by atoms with Crippen LogP contribution in [0.4, 0.5) is 8.78 Å². The third kappa shape index (κ3) is 5.59. The molecule has 1 nitrogen and oxygen atoms in total. The third-order valence-electron chi connectivity index (χ3n) is 5.53. The maximum atomic E-state index is 13.6. The minimum absolute atomic E-state index is 0.00367. The van der Waals surface area contributed by atoms with Gasteiger partial charge in [0.2, 0.25) is 0 Å². The summed E-state index contributed by atoms with van der Waals surface area (Å²) >= 11 is 1.58. The van der Waals surface area contributed by atoms with Crippen LogP contribution in [0.1, 0.15) is 15.9 Å². The van der Waals surface area contributed by atoms with E-state index in [0.29, 0.717) is 11.1 Å². The number of halogens is 2. The van der Waals surface area contributed by atoms with Crippen LogP contribution >= 0.6 is 11.8 Å². The van der Waals surface area contributed by atoms with Crippen molar-refractivity contribution >= 4 is 28.4 Å². The molecule has 0 aliphatic heterocycles. The minimum Gasteiger partial charge on any atom is -0.289 e. The van der Waals surface area contributed by atoms with Crippen LogP contribution in [0.15, 0.2) is 152 Å². The SMILES string of the molecule is O=C(c1ccccc1)c1cccc(Sc2ccc([S+](c3ccc(F)cc3)c3ccc(F)cc3)cc2)c1. The van der Waals surface area contributed by atoms with Gasteiger partial charge in [0, 0.05) is 20.9 Å². The van der Waals surface area contributed by atoms with Gasteiger partial charge < -0.3 is 0 Å². The van der Waals surface area contributed by atoms with Crippen molar-refractivity contribution in [1.82, 2.24) is 0 Å². The average molecular weight is 512 g/mol. The van der Waals surface area contributed by atoms with Gasteiger partial charge in [0.25, 0.3) is 0 Å². The molecule has 36 heavy (non-hydrogen) atoms. The number of carbonyl (C=O) groups excluding carboxylic acids is 1. The standard InChI is InChI=1S/C31H21F2OS2/c32-24-9-15-28(16-10-24)36(29-17-11-25(33)12-18-29)30-19-13-26(14-20-30)35-27-8-4-7-23(21-27)31(34)22-5-2-1-3-6-22/h1-21H/q+1. The van der Waals surface area contributed by atoms with E-state index in [2.05, 4.69) is 12.1 Å². The zero-order valence-corrected chi connectivity index (χ0v) is 20.7. The molecule has 5 aromatic carbocycles. The van der Waals surface area contributed by atoms with E-state index in [0.717, 1.165) is 24.5 Å². The van der Waals surface area contributed by atoms with Crippen LogP contribution in [0, 0.1) is 11.6 Å². The Kier molecular flexibility index (Phi) is 7.31. The topological polar surface area (TPSA) is 17.1 Å². The molecule has 0 spiro atoms. The van der Waals surface area contributed by atoms with Gasteiger partial charge in [-0.2, -0.15) is 0 Å². The van der Waals surface area contributed by atoms with E-state index in [1.807, 2.05) is 66.7 Å². The lowest BCUT2D eigenvalue weighted by molar-refractivity contribution is 0.103. The minimum atomic E-state index is -0.504. The highest BCUT2D eigenvalue weighted by molar-refractivity contribution is 7.99. The zero-order valence-electron chi connectivity index (χ0n) is 19.1. The van der Waals surface area contributed by atoms with Crippen molar-refractivity contribution < 1.29 is 13.6 Å². The second-order valence-corrected chi connectivity index (χ2v) is 11.2. The Bertz CT molecular complexity index is 1420. The summed E-state index contributed by atoms with van der Waals surface area (Å²) in [5.41, 5.74) is 1.31. The van der Waals surface area contributed by atoms with Crippen molar-refractivity contribution in [2.45, 2.75) is 24.5 Å². The smallest absolute Gasteiger partial charge is 0.193 e. The maximum absolute atomic E-state index is 13.6. The first-order valence-electron chi connectivity index (χ1n) is 11.3. The van der Waals surface area contributed by atoms with Crippen molar-refractivity contribution in [2.75, 3.05) is 0 Å². The molecule has 0 aliphatic carbocycles. The monoisotopic (exact) mass is 511 g/mol. The van der Waals surface area contributed by atoms with Crippen molar-refractivity contribution in [1.29, 1.82) is 0 Å². The van der Waals surface area contributed by atoms with E-state index < -0.39 is 10.9 Å². The number of carbonyl (C=O) groups is 1.